The number of nitrogens with zero attached hydrogens (tertiary/aromatic N) is 3. The lowest BCUT2D eigenvalue weighted by atomic mass is 10.1. The molecule has 92 valence electrons. The van der Waals surface area contributed by atoms with Crippen LogP contribution in [0.15, 0.2) is 30.3 Å². The average Bonchev–Trinajstić information content (AvgIpc) is 2.93. The van der Waals surface area contributed by atoms with Crippen molar-refractivity contribution >= 4 is 11.7 Å². The number of hydrogen-bond acceptors (Lipinski definition) is 3. The van der Waals surface area contributed by atoms with Gasteiger partial charge in [-0.25, -0.2) is 0 Å². The molecule has 0 aliphatic carbocycles. The van der Waals surface area contributed by atoms with Crippen LogP contribution in [0.25, 0.3) is 0 Å². The minimum absolute atomic E-state index is 0.0708. The minimum Gasteiger partial charge on any atom is -0.384 e. The molecule has 2 aromatic rings. The first-order chi connectivity index (χ1) is 8.65. The Kier molecular flexibility index (Phi) is 2.33. The molecule has 1 aliphatic rings. The summed E-state index contributed by atoms with van der Waals surface area (Å²) in [5, 5.41) is 4.12. The van der Waals surface area contributed by atoms with Crippen LogP contribution in [-0.4, -0.2) is 20.6 Å². The summed E-state index contributed by atoms with van der Waals surface area (Å²) in [4.78, 5) is 14.1. The lowest BCUT2D eigenvalue weighted by Crippen LogP contribution is -2.25. The number of nitrogen functional groups attached to an aromatic ring is 1. The molecule has 1 amide bonds. The molecule has 0 saturated carbocycles. The number of carbonyl (C=O) groups is 1. The van der Waals surface area contributed by atoms with E-state index in [9.17, 15) is 4.79 Å². The topological polar surface area (TPSA) is 64.2 Å². The monoisotopic (exact) mass is 242 g/mol. The average molecular weight is 242 g/mol. The van der Waals surface area contributed by atoms with E-state index >= 15 is 0 Å². The van der Waals surface area contributed by atoms with Crippen LogP contribution in [0.2, 0.25) is 0 Å². The number of anilines is 1. The fraction of sp³-hybridized carbons (Fsp3) is 0.231. The van der Waals surface area contributed by atoms with Crippen molar-refractivity contribution in [1.82, 2.24) is 14.7 Å². The molecule has 0 spiro atoms. The van der Waals surface area contributed by atoms with Crippen molar-refractivity contribution in [3.8, 4) is 0 Å². The quantitative estimate of drug-likeness (QED) is 0.816. The molecule has 1 aliphatic heterocycles. The van der Waals surface area contributed by atoms with Gasteiger partial charge < -0.3 is 10.6 Å². The van der Waals surface area contributed by atoms with Crippen molar-refractivity contribution in [3.05, 3.63) is 47.2 Å². The maximum Gasteiger partial charge on any atom is 0.275 e. The molecule has 3 rings (SSSR count). The van der Waals surface area contributed by atoms with Gasteiger partial charge in [0.1, 0.15) is 5.82 Å². The minimum atomic E-state index is -0.0708. The van der Waals surface area contributed by atoms with Gasteiger partial charge in [0, 0.05) is 26.2 Å². The Labute approximate surface area is 105 Å². The molecule has 5 heteroatoms. The van der Waals surface area contributed by atoms with E-state index in [-0.39, 0.29) is 5.91 Å². The van der Waals surface area contributed by atoms with Crippen LogP contribution >= 0.6 is 0 Å². The summed E-state index contributed by atoms with van der Waals surface area (Å²) in [6.07, 6.45) is 0. The first-order valence-electron chi connectivity index (χ1n) is 5.81. The standard InChI is InChI=1S/C13H14N4O/c1-16-12(14)6-11(15-16)13(18)17-7-9-4-2-3-5-10(9)8-17/h2-6H,7-8,14H2,1H3. The fourth-order valence-electron chi connectivity index (χ4n) is 2.22. The highest BCUT2D eigenvalue weighted by Gasteiger charge is 2.25. The van der Waals surface area contributed by atoms with Crippen LogP contribution in [0.5, 0.6) is 0 Å². The summed E-state index contributed by atoms with van der Waals surface area (Å²) in [6, 6.07) is 9.70. The van der Waals surface area contributed by atoms with Gasteiger partial charge in [-0.1, -0.05) is 24.3 Å². The molecule has 0 saturated heterocycles. The second-order valence-corrected chi connectivity index (χ2v) is 4.51. The first-order valence-corrected chi connectivity index (χ1v) is 5.81. The lowest BCUT2D eigenvalue weighted by molar-refractivity contribution is 0.0744. The molecule has 0 fully saturated rings. The third-order valence-corrected chi connectivity index (χ3v) is 3.26. The van der Waals surface area contributed by atoms with E-state index in [1.54, 1.807) is 18.0 Å². The number of benzene rings is 1. The van der Waals surface area contributed by atoms with E-state index in [1.165, 1.54) is 15.8 Å². The van der Waals surface area contributed by atoms with Gasteiger partial charge in [0.05, 0.1) is 0 Å². The van der Waals surface area contributed by atoms with E-state index in [0.717, 1.165) is 0 Å². The molecule has 5 nitrogen and oxygen atoms in total. The highest BCUT2D eigenvalue weighted by Crippen LogP contribution is 2.23. The molecule has 0 radical (unpaired) electrons. The summed E-state index contributed by atoms with van der Waals surface area (Å²) >= 11 is 0. The summed E-state index contributed by atoms with van der Waals surface area (Å²) in [5.41, 5.74) is 8.50. The largest absolute Gasteiger partial charge is 0.384 e. The molecular formula is C13H14N4O. The molecule has 2 heterocycles. The molecule has 1 aromatic heterocycles. The summed E-state index contributed by atoms with van der Waals surface area (Å²) in [7, 11) is 1.73. The van der Waals surface area contributed by atoms with Crippen molar-refractivity contribution in [1.29, 1.82) is 0 Å². The number of nitrogens with two attached hydrogens (primary N) is 1. The van der Waals surface area contributed by atoms with Gasteiger partial charge in [-0.2, -0.15) is 5.10 Å². The number of aryl methyl sites for hydroxylation is 1. The van der Waals surface area contributed by atoms with Crippen molar-refractivity contribution < 1.29 is 4.79 Å². The van der Waals surface area contributed by atoms with Gasteiger partial charge >= 0.3 is 0 Å². The van der Waals surface area contributed by atoms with Gasteiger partial charge in [0.2, 0.25) is 0 Å². The van der Waals surface area contributed by atoms with Crippen LogP contribution in [0.4, 0.5) is 5.82 Å². The van der Waals surface area contributed by atoms with Crippen LogP contribution in [0.1, 0.15) is 21.6 Å². The van der Waals surface area contributed by atoms with Gasteiger partial charge in [-0.15, -0.1) is 0 Å². The maximum absolute atomic E-state index is 12.3. The number of hydrogen-bond donors (Lipinski definition) is 1. The second-order valence-electron chi connectivity index (χ2n) is 4.51. The summed E-state index contributed by atoms with van der Waals surface area (Å²) in [5.74, 6) is 0.425. The fourth-order valence-corrected chi connectivity index (χ4v) is 2.22. The molecule has 1 aromatic carbocycles. The van der Waals surface area contributed by atoms with Crippen LogP contribution in [0.3, 0.4) is 0 Å². The zero-order chi connectivity index (χ0) is 12.7. The van der Waals surface area contributed by atoms with Crippen LogP contribution < -0.4 is 5.73 Å². The molecule has 0 bridgehead atoms. The number of rotatable bonds is 1. The predicted molar refractivity (Wildman–Crippen MR) is 67.6 cm³/mol. The van der Waals surface area contributed by atoms with Crippen molar-refractivity contribution in [2.75, 3.05) is 5.73 Å². The summed E-state index contributed by atoms with van der Waals surface area (Å²) < 4.78 is 1.51. The third kappa shape index (κ3) is 1.64. The Hall–Kier alpha value is -2.30. The SMILES string of the molecule is Cn1nc(C(=O)N2Cc3ccccc3C2)cc1N. The Bertz CT molecular complexity index is 573. The molecule has 0 atom stereocenters. The number of aromatic nitrogens is 2. The maximum atomic E-state index is 12.3. The molecule has 2 N–H and O–H groups in total. The lowest BCUT2D eigenvalue weighted by Gasteiger charge is -2.13. The van der Waals surface area contributed by atoms with Crippen molar-refractivity contribution in [2.24, 2.45) is 7.05 Å². The zero-order valence-electron chi connectivity index (χ0n) is 10.1. The van der Waals surface area contributed by atoms with E-state index < -0.39 is 0 Å². The van der Waals surface area contributed by atoms with E-state index in [4.69, 9.17) is 5.73 Å². The van der Waals surface area contributed by atoms with E-state index in [1.807, 2.05) is 12.1 Å². The molecule has 18 heavy (non-hydrogen) atoms. The van der Waals surface area contributed by atoms with E-state index in [0.29, 0.717) is 24.6 Å². The second kappa shape index (κ2) is 3.87. The Balaban J connectivity index is 1.84. The first kappa shape index (κ1) is 10.8. The van der Waals surface area contributed by atoms with E-state index in [2.05, 4.69) is 17.2 Å². The third-order valence-electron chi connectivity index (χ3n) is 3.26. The highest BCUT2D eigenvalue weighted by atomic mass is 16.2. The summed E-state index contributed by atoms with van der Waals surface area (Å²) in [6.45, 7) is 1.29. The van der Waals surface area contributed by atoms with Gasteiger partial charge in [0.25, 0.3) is 5.91 Å². The smallest absolute Gasteiger partial charge is 0.275 e. The molecule has 0 unspecified atom stereocenters. The number of carbonyl (C=O) groups excluding carboxylic acids is 1. The Morgan fingerprint density at radius 3 is 2.39 bits per heavy atom. The number of amides is 1. The van der Waals surface area contributed by atoms with Crippen LogP contribution in [0, 0.1) is 0 Å². The van der Waals surface area contributed by atoms with Crippen molar-refractivity contribution in [3.63, 3.8) is 0 Å². The molecular weight excluding hydrogens is 228 g/mol. The number of fused-ring (bicyclic) bond motifs is 1. The Morgan fingerprint density at radius 2 is 1.89 bits per heavy atom. The van der Waals surface area contributed by atoms with Gasteiger partial charge in [-0.3, -0.25) is 9.48 Å². The van der Waals surface area contributed by atoms with Gasteiger partial charge in [-0.05, 0) is 11.1 Å². The zero-order valence-corrected chi connectivity index (χ0v) is 10.1. The predicted octanol–water partition coefficient (Wildman–Crippen LogP) is 1.16. The Morgan fingerprint density at radius 1 is 1.28 bits per heavy atom. The van der Waals surface area contributed by atoms with Crippen molar-refractivity contribution in [2.45, 2.75) is 13.1 Å². The normalized spacial score (nSPS) is 13.7. The highest BCUT2D eigenvalue weighted by molar-refractivity contribution is 5.93. The van der Waals surface area contributed by atoms with Gasteiger partial charge in [0.15, 0.2) is 5.69 Å². The van der Waals surface area contributed by atoms with Crippen LogP contribution in [-0.2, 0) is 20.1 Å².